The third kappa shape index (κ3) is 4.30. The van der Waals surface area contributed by atoms with Crippen LogP contribution in [-0.4, -0.2) is 29.4 Å². The Bertz CT molecular complexity index is 238. The van der Waals surface area contributed by atoms with Gasteiger partial charge in [-0.05, 0) is 38.0 Å². The Morgan fingerprint density at radius 3 is 2.71 bits per heavy atom. The number of nitrogens with zero attached hydrogens (tertiary/aromatic N) is 1. The van der Waals surface area contributed by atoms with Gasteiger partial charge in [0.05, 0.1) is 6.04 Å². The monoisotopic (exact) mass is 240 g/mol. The highest BCUT2D eigenvalue weighted by Crippen LogP contribution is 2.22. The molecule has 0 bridgehead atoms. The largest absolute Gasteiger partial charge is 0.338 e. The Morgan fingerprint density at radius 1 is 1.41 bits per heavy atom. The lowest BCUT2D eigenvalue weighted by Gasteiger charge is -2.37. The van der Waals surface area contributed by atoms with E-state index in [1.807, 2.05) is 0 Å². The number of hydrogen-bond acceptors (Lipinski definition) is 2. The molecule has 1 heterocycles. The van der Waals surface area contributed by atoms with Gasteiger partial charge in [-0.3, -0.25) is 4.79 Å². The molecule has 2 atom stereocenters. The van der Waals surface area contributed by atoms with E-state index in [1.54, 1.807) is 0 Å². The second-order valence-electron chi connectivity index (χ2n) is 5.71. The van der Waals surface area contributed by atoms with E-state index in [2.05, 4.69) is 25.7 Å². The zero-order valence-corrected chi connectivity index (χ0v) is 11.6. The summed E-state index contributed by atoms with van der Waals surface area (Å²) < 4.78 is 0. The molecule has 1 rings (SSSR count). The van der Waals surface area contributed by atoms with E-state index >= 15 is 0 Å². The fourth-order valence-electron chi connectivity index (χ4n) is 2.75. The molecule has 17 heavy (non-hydrogen) atoms. The maximum atomic E-state index is 12.3. The minimum atomic E-state index is -0.299. The maximum absolute atomic E-state index is 12.3. The third-order valence-electron chi connectivity index (χ3n) is 3.57. The van der Waals surface area contributed by atoms with Gasteiger partial charge in [-0.25, -0.2) is 0 Å². The summed E-state index contributed by atoms with van der Waals surface area (Å²) in [5.41, 5.74) is 6.02. The minimum absolute atomic E-state index is 0.178. The fraction of sp³-hybridized carbons (Fsp3) is 0.929. The molecular weight excluding hydrogens is 212 g/mol. The van der Waals surface area contributed by atoms with Crippen LogP contribution < -0.4 is 5.73 Å². The lowest BCUT2D eigenvalue weighted by atomic mass is 9.96. The summed E-state index contributed by atoms with van der Waals surface area (Å²) in [4.78, 5) is 14.4. The van der Waals surface area contributed by atoms with Gasteiger partial charge >= 0.3 is 0 Å². The van der Waals surface area contributed by atoms with E-state index in [9.17, 15) is 4.79 Å². The standard InChI is InChI=1S/C14H28N2O/c1-4-7-12-8-5-6-9-16(12)14(17)13(15)10-11(2)3/h11-13H,4-10,15H2,1-3H3/t12?,13-/m0/s1. The van der Waals surface area contributed by atoms with Gasteiger partial charge in [0.15, 0.2) is 0 Å². The Kier molecular flexibility index (Phi) is 5.96. The first kappa shape index (κ1) is 14.5. The van der Waals surface area contributed by atoms with Crippen molar-refractivity contribution < 1.29 is 4.79 Å². The average Bonchev–Trinajstić information content (AvgIpc) is 2.28. The van der Waals surface area contributed by atoms with Crippen molar-refractivity contribution in [3.63, 3.8) is 0 Å². The van der Waals surface area contributed by atoms with Crippen LogP contribution in [0.3, 0.4) is 0 Å². The summed E-state index contributed by atoms with van der Waals surface area (Å²) in [5, 5.41) is 0. The zero-order valence-electron chi connectivity index (χ0n) is 11.6. The lowest BCUT2D eigenvalue weighted by Crippen LogP contribution is -2.51. The predicted molar refractivity (Wildman–Crippen MR) is 71.7 cm³/mol. The van der Waals surface area contributed by atoms with Crippen LogP contribution in [0.15, 0.2) is 0 Å². The summed E-state index contributed by atoms with van der Waals surface area (Å²) in [6.07, 6.45) is 6.63. The molecule has 2 N–H and O–H groups in total. The van der Waals surface area contributed by atoms with Gasteiger partial charge in [0.2, 0.25) is 5.91 Å². The average molecular weight is 240 g/mol. The van der Waals surface area contributed by atoms with Crippen LogP contribution in [0.2, 0.25) is 0 Å². The van der Waals surface area contributed by atoms with Crippen molar-refractivity contribution in [3.05, 3.63) is 0 Å². The number of piperidine rings is 1. The Morgan fingerprint density at radius 2 is 2.12 bits per heavy atom. The van der Waals surface area contributed by atoms with Crippen LogP contribution in [0.1, 0.15) is 59.3 Å². The SMILES string of the molecule is CCCC1CCCCN1C(=O)[C@@H](N)CC(C)C. The molecule has 0 aromatic rings. The second-order valence-corrected chi connectivity index (χ2v) is 5.71. The molecule has 0 aromatic carbocycles. The molecule has 3 nitrogen and oxygen atoms in total. The van der Waals surface area contributed by atoms with Crippen molar-refractivity contribution in [3.8, 4) is 0 Å². The summed E-state index contributed by atoms with van der Waals surface area (Å²) in [5.74, 6) is 0.667. The van der Waals surface area contributed by atoms with E-state index in [-0.39, 0.29) is 11.9 Å². The van der Waals surface area contributed by atoms with Crippen LogP contribution in [0.25, 0.3) is 0 Å². The number of hydrogen-bond donors (Lipinski definition) is 1. The van der Waals surface area contributed by atoms with Crippen molar-refractivity contribution in [2.45, 2.75) is 71.4 Å². The maximum Gasteiger partial charge on any atom is 0.239 e. The molecule has 1 fully saturated rings. The molecule has 3 heteroatoms. The van der Waals surface area contributed by atoms with Crippen LogP contribution in [0.4, 0.5) is 0 Å². The van der Waals surface area contributed by atoms with E-state index in [0.29, 0.717) is 12.0 Å². The van der Waals surface area contributed by atoms with Crippen molar-refractivity contribution in [2.75, 3.05) is 6.54 Å². The topological polar surface area (TPSA) is 46.3 Å². The molecule has 1 saturated heterocycles. The highest BCUT2D eigenvalue weighted by atomic mass is 16.2. The van der Waals surface area contributed by atoms with Gasteiger partial charge in [-0.15, -0.1) is 0 Å². The second kappa shape index (κ2) is 7.00. The molecule has 1 amide bonds. The van der Waals surface area contributed by atoms with Crippen molar-refractivity contribution in [1.82, 2.24) is 4.90 Å². The van der Waals surface area contributed by atoms with Gasteiger partial charge in [-0.2, -0.15) is 0 Å². The summed E-state index contributed by atoms with van der Waals surface area (Å²) >= 11 is 0. The summed E-state index contributed by atoms with van der Waals surface area (Å²) in [6, 6.07) is 0.145. The Labute approximate surface area is 106 Å². The van der Waals surface area contributed by atoms with Crippen LogP contribution >= 0.6 is 0 Å². The van der Waals surface area contributed by atoms with Gasteiger partial charge < -0.3 is 10.6 Å². The van der Waals surface area contributed by atoms with Gasteiger partial charge in [0.25, 0.3) is 0 Å². The van der Waals surface area contributed by atoms with Crippen LogP contribution in [0.5, 0.6) is 0 Å². The first-order valence-electron chi connectivity index (χ1n) is 7.12. The van der Waals surface area contributed by atoms with E-state index < -0.39 is 0 Å². The third-order valence-corrected chi connectivity index (χ3v) is 3.57. The van der Waals surface area contributed by atoms with E-state index in [4.69, 9.17) is 5.73 Å². The Balaban J connectivity index is 2.57. The van der Waals surface area contributed by atoms with Crippen LogP contribution in [-0.2, 0) is 4.79 Å². The first-order chi connectivity index (χ1) is 8.06. The number of amides is 1. The zero-order chi connectivity index (χ0) is 12.8. The fourth-order valence-corrected chi connectivity index (χ4v) is 2.75. The highest BCUT2D eigenvalue weighted by molar-refractivity contribution is 5.82. The van der Waals surface area contributed by atoms with Crippen LogP contribution in [0, 0.1) is 5.92 Å². The molecule has 1 aliphatic heterocycles. The lowest BCUT2D eigenvalue weighted by molar-refractivity contribution is -0.136. The van der Waals surface area contributed by atoms with Gasteiger partial charge in [-0.1, -0.05) is 27.2 Å². The molecular formula is C14H28N2O. The number of carbonyl (C=O) groups is 1. The summed E-state index contributed by atoms with van der Waals surface area (Å²) in [7, 11) is 0. The quantitative estimate of drug-likeness (QED) is 0.802. The molecule has 1 aliphatic rings. The summed E-state index contributed by atoms with van der Waals surface area (Å²) in [6.45, 7) is 7.33. The molecule has 0 aromatic heterocycles. The van der Waals surface area contributed by atoms with Gasteiger partial charge in [0, 0.05) is 12.6 Å². The smallest absolute Gasteiger partial charge is 0.239 e. The minimum Gasteiger partial charge on any atom is -0.338 e. The molecule has 1 unspecified atom stereocenters. The molecule has 0 radical (unpaired) electrons. The number of likely N-dealkylation sites (tertiary alicyclic amines) is 1. The van der Waals surface area contributed by atoms with Crippen molar-refractivity contribution in [1.29, 1.82) is 0 Å². The molecule has 0 saturated carbocycles. The Hall–Kier alpha value is -0.570. The molecule has 100 valence electrons. The number of carbonyl (C=O) groups excluding carboxylic acids is 1. The normalized spacial score (nSPS) is 22.9. The van der Waals surface area contributed by atoms with E-state index in [1.165, 1.54) is 6.42 Å². The van der Waals surface area contributed by atoms with Gasteiger partial charge in [0.1, 0.15) is 0 Å². The van der Waals surface area contributed by atoms with Crippen molar-refractivity contribution in [2.24, 2.45) is 11.7 Å². The molecule has 0 spiro atoms. The number of rotatable bonds is 5. The highest BCUT2D eigenvalue weighted by Gasteiger charge is 2.29. The molecule has 0 aliphatic carbocycles. The number of nitrogens with two attached hydrogens (primary N) is 1. The van der Waals surface area contributed by atoms with Crippen molar-refractivity contribution >= 4 is 5.91 Å². The van der Waals surface area contributed by atoms with E-state index in [0.717, 1.165) is 38.6 Å². The first-order valence-corrected chi connectivity index (χ1v) is 7.12. The predicted octanol–water partition coefficient (Wildman–Crippen LogP) is 2.54.